The van der Waals surface area contributed by atoms with Crippen molar-refractivity contribution in [3.05, 3.63) is 153 Å². The monoisotopic (exact) mass is 745 g/mol. The van der Waals surface area contributed by atoms with Crippen molar-refractivity contribution in [3.8, 4) is 16.8 Å². The molecule has 3 amide bonds. The van der Waals surface area contributed by atoms with E-state index in [1.54, 1.807) is 78.9 Å². The molecule has 0 aliphatic heterocycles. The third-order valence-corrected chi connectivity index (χ3v) is 8.21. The van der Waals surface area contributed by atoms with Crippen LogP contribution in [0.15, 0.2) is 120 Å². The van der Waals surface area contributed by atoms with E-state index in [1.165, 1.54) is 24.2 Å². The molecule has 4 aromatic carbocycles. The Kier molecular flexibility index (Phi) is 11.8. The van der Waals surface area contributed by atoms with Gasteiger partial charge < -0.3 is 14.8 Å². The summed E-state index contributed by atoms with van der Waals surface area (Å²) in [6.45, 7) is 0.125. The molecule has 0 aliphatic carbocycles. The lowest BCUT2D eigenvalue weighted by Crippen LogP contribution is -2.30. The number of carbonyl (C=O) groups is 3. The van der Waals surface area contributed by atoms with Gasteiger partial charge in [0.05, 0.1) is 30.1 Å². The highest BCUT2D eigenvalue weighted by molar-refractivity contribution is 6.30. The maximum Gasteiger partial charge on any atom is 0.411 e. The molecule has 16 heteroatoms. The summed E-state index contributed by atoms with van der Waals surface area (Å²) >= 11 is 6.26. The second-order valence-electron chi connectivity index (χ2n) is 11.7. The maximum absolute atomic E-state index is 13.5. The number of anilines is 2. The number of aromatic nitrogens is 6. The van der Waals surface area contributed by atoms with Crippen LogP contribution in [-0.4, -0.2) is 55.6 Å². The van der Waals surface area contributed by atoms with Gasteiger partial charge in [-0.05, 0) is 88.1 Å². The van der Waals surface area contributed by atoms with Gasteiger partial charge in [-0.25, -0.2) is 14.7 Å². The van der Waals surface area contributed by atoms with Crippen LogP contribution in [0.4, 0.5) is 21.0 Å². The molecule has 15 nitrogen and oxygen atoms in total. The Morgan fingerprint density at radius 2 is 1.61 bits per heavy atom. The molecule has 2 aromatic heterocycles. The molecule has 6 aromatic rings. The van der Waals surface area contributed by atoms with Crippen molar-refractivity contribution in [1.29, 1.82) is 0 Å². The van der Waals surface area contributed by atoms with Crippen LogP contribution in [0.1, 0.15) is 28.4 Å². The van der Waals surface area contributed by atoms with Gasteiger partial charge in [-0.1, -0.05) is 66.2 Å². The van der Waals surface area contributed by atoms with Crippen LogP contribution in [-0.2, 0) is 27.3 Å². The first-order valence-corrected chi connectivity index (χ1v) is 16.7. The standard InChI is InChI=1S/C38H32ClN9O6/c1-53-37(51)41-30-15-9-26(10-16-30)31-21-33(44-45-36(31)50)32(43-35(49)18-11-27-20-28(39)12-17-34(27)48-23-40-46-47-48)19-24-7-13-29(14-8-24)42-38(52)54-22-25-5-3-2-4-6-25/h2-18,20-21,23,32H,19,22H2,1H3,(H,41,51)(H,42,52)(H,43,49)(H,45,50)/b18-11+/t32-/m0/s1. The molecule has 0 fully saturated rings. The number of ether oxygens (including phenoxy) is 2. The van der Waals surface area contributed by atoms with E-state index < -0.39 is 29.7 Å². The van der Waals surface area contributed by atoms with Crippen LogP contribution >= 0.6 is 11.6 Å². The fourth-order valence-corrected chi connectivity index (χ4v) is 5.49. The van der Waals surface area contributed by atoms with Crippen LogP contribution in [0.5, 0.6) is 0 Å². The van der Waals surface area contributed by atoms with Gasteiger partial charge in [0.15, 0.2) is 0 Å². The fraction of sp³-hybridized carbons (Fsp3) is 0.105. The summed E-state index contributed by atoms with van der Waals surface area (Å²) in [4.78, 5) is 50.5. The van der Waals surface area contributed by atoms with Crippen molar-refractivity contribution < 1.29 is 23.9 Å². The second kappa shape index (κ2) is 17.4. The molecule has 0 radical (unpaired) electrons. The van der Waals surface area contributed by atoms with Gasteiger partial charge in [-0.2, -0.15) is 9.78 Å². The number of H-pyrrole nitrogens is 1. The lowest BCUT2D eigenvalue weighted by molar-refractivity contribution is -0.117. The van der Waals surface area contributed by atoms with Crippen molar-refractivity contribution in [1.82, 2.24) is 35.7 Å². The number of hydrogen-bond acceptors (Lipinski definition) is 10. The molecule has 0 unspecified atom stereocenters. The second-order valence-corrected chi connectivity index (χ2v) is 12.1. The van der Waals surface area contributed by atoms with Crippen LogP contribution in [0, 0.1) is 0 Å². The minimum absolute atomic E-state index is 0.125. The molecule has 54 heavy (non-hydrogen) atoms. The van der Waals surface area contributed by atoms with E-state index >= 15 is 0 Å². The number of rotatable bonds is 12. The normalized spacial score (nSPS) is 11.4. The first kappa shape index (κ1) is 36.7. The van der Waals surface area contributed by atoms with Crippen LogP contribution in [0.2, 0.25) is 5.02 Å². The number of methoxy groups -OCH3 is 1. The number of hydrogen-bond donors (Lipinski definition) is 4. The molecule has 1 atom stereocenters. The topological polar surface area (TPSA) is 195 Å². The Morgan fingerprint density at radius 3 is 2.31 bits per heavy atom. The highest BCUT2D eigenvalue weighted by Crippen LogP contribution is 2.24. The van der Waals surface area contributed by atoms with E-state index in [2.05, 4.69) is 46.4 Å². The van der Waals surface area contributed by atoms with E-state index in [-0.39, 0.29) is 18.6 Å². The third-order valence-electron chi connectivity index (χ3n) is 7.98. The molecule has 0 spiro atoms. The van der Waals surface area contributed by atoms with Crippen molar-refractivity contribution in [2.24, 2.45) is 0 Å². The molecule has 0 saturated carbocycles. The maximum atomic E-state index is 13.5. The predicted octanol–water partition coefficient (Wildman–Crippen LogP) is 6.11. The van der Waals surface area contributed by atoms with Gasteiger partial charge in [-0.3, -0.25) is 20.2 Å². The summed E-state index contributed by atoms with van der Waals surface area (Å²) in [5, 5.41) is 26.8. The number of halogens is 1. The van der Waals surface area contributed by atoms with Gasteiger partial charge in [0.1, 0.15) is 12.9 Å². The lowest BCUT2D eigenvalue weighted by Gasteiger charge is -2.18. The summed E-state index contributed by atoms with van der Waals surface area (Å²) in [5.41, 5.74) is 4.56. The smallest absolute Gasteiger partial charge is 0.411 e. The molecule has 4 N–H and O–H groups in total. The molecule has 0 bridgehead atoms. The zero-order chi connectivity index (χ0) is 37.9. The Bertz CT molecular complexity index is 2320. The number of carbonyl (C=O) groups excluding carboxylic acids is 3. The van der Waals surface area contributed by atoms with Gasteiger partial charge in [0.25, 0.3) is 5.56 Å². The predicted molar refractivity (Wildman–Crippen MR) is 201 cm³/mol. The minimum atomic E-state index is -0.731. The van der Waals surface area contributed by atoms with E-state index in [1.807, 2.05) is 30.3 Å². The minimum Gasteiger partial charge on any atom is -0.453 e. The largest absolute Gasteiger partial charge is 0.453 e. The van der Waals surface area contributed by atoms with Gasteiger partial charge in [0, 0.05) is 28.0 Å². The van der Waals surface area contributed by atoms with Gasteiger partial charge in [-0.15, -0.1) is 5.10 Å². The van der Waals surface area contributed by atoms with Crippen molar-refractivity contribution in [2.75, 3.05) is 17.7 Å². The molecule has 0 saturated heterocycles. The molecular formula is C38H32ClN9O6. The van der Waals surface area contributed by atoms with Crippen molar-refractivity contribution >= 4 is 47.1 Å². The molecule has 2 heterocycles. The number of nitrogens with zero attached hydrogens (tertiary/aromatic N) is 5. The number of amides is 3. The summed E-state index contributed by atoms with van der Waals surface area (Å²) in [5.74, 6) is -0.463. The number of aromatic amines is 1. The number of tetrazole rings is 1. The first-order chi connectivity index (χ1) is 26.2. The SMILES string of the molecule is COC(=O)Nc1ccc(-c2cc([C@H](Cc3ccc(NC(=O)OCc4ccccc4)cc3)NC(=O)/C=C/c3cc(Cl)ccc3-n3cnnn3)n[nH]c2=O)cc1. The molecule has 6 rings (SSSR count). The Balaban J connectivity index is 1.23. The van der Waals surface area contributed by atoms with Crippen molar-refractivity contribution in [3.63, 3.8) is 0 Å². The highest BCUT2D eigenvalue weighted by atomic mass is 35.5. The average molecular weight is 746 g/mol. The molecule has 0 aliphatic rings. The number of nitrogens with one attached hydrogen (secondary N) is 4. The Hall–Kier alpha value is -7.13. The first-order valence-electron chi connectivity index (χ1n) is 16.4. The molecular weight excluding hydrogens is 714 g/mol. The molecule has 272 valence electrons. The van der Waals surface area contributed by atoms with Crippen LogP contribution < -0.4 is 21.5 Å². The third kappa shape index (κ3) is 9.80. The van der Waals surface area contributed by atoms with E-state index in [0.717, 1.165) is 11.1 Å². The van der Waals surface area contributed by atoms with E-state index in [0.29, 0.717) is 38.9 Å². The summed E-state index contributed by atoms with van der Waals surface area (Å²) in [7, 11) is 1.26. The van der Waals surface area contributed by atoms with E-state index in [4.69, 9.17) is 16.3 Å². The fourth-order valence-electron chi connectivity index (χ4n) is 5.31. The quantitative estimate of drug-likeness (QED) is 0.106. The van der Waals surface area contributed by atoms with Crippen LogP contribution in [0.3, 0.4) is 0 Å². The number of benzene rings is 4. The van der Waals surface area contributed by atoms with Crippen molar-refractivity contribution in [2.45, 2.75) is 19.1 Å². The zero-order valence-corrected chi connectivity index (χ0v) is 29.4. The zero-order valence-electron chi connectivity index (χ0n) is 28.6. The lowest BCUT2D eigenvalue weighted by atomic mass is 9.99. The van der Waals surface area contributed by atoms with Crippen LogP contribution in [0.25, 0.3) is 22.9 Å². The highest BCUT2D eigenvalue weighted by Gasteiger charge is 2.19. The van der Waals surface area contributed by atoms with E-state index in [9.17, 15) is 19.2 Å². The Morgan fingerprint density at radius 1 is 0.889 bits per heavy atom. The Labute approximate surface area is 313 Å². The summed E-state index contributed by atoms with van der Waals surface area (Å²) in [6, 6.07) is 28.9. The average Bonchev–Trinajstić information content (AvgIpc) is 3.73. The summed E-state index contributed by atoms with van der Waals surface area (Å²) < 4.78 is 11.4. The summed E-state index contributed by atoms with van der Waals surface area (Å²) in [6.07, 6.45) is 3.38. The van der Waals surface area contributed by atoms with Gasteiger partial charge >= 0.3 is 12.2 Å². The van der Waals surface area contributed by atoms with Gasteiger partial charge in [0.2, 0.25) is 5.91 Å².